The zero-order chi connectivity index (χ0) is 16.8. The van der Waals surface area contributed by atoms with E-state index in [0.717, 1.165) is 16.0 Å². The van der Waals surface area contributed by atoms with Gasteiger partial charge in [0.05, 0.1) is 12.1 Å². The van der Waals surface area contributed by atoms with Crippen LogP contribution in [0.25, 0.3) is 0 Å². The third-order valence-electron chi connectivity index (χ3n) is 4.82. The van der Waals surface area contributed by atoms with Crippen LogP contribution < -0.4 is 0 Å². The topological polar surface area (TPSA) is 43.8 Å². The van der Waals surface area contributed by atoms with Crippen molar-refractivity contribution in [2.24, 2.45) is 0 Å². The number of hydrogen-bond acceptors (Lipinski definition) is 3. The Labute approximate surface area is 132 Å². The molecular formula is C16H19F3N2O2. The molecule has 23 heavy (non-hydrogen) atoms. The third-order valence-corrected chi connectivity index (χ3v) is 4.82. The van der Waals surface area contributed by atoms with E-state index in [0.29, 0.717) is 12.8 Å². The SMILES string of the molecule is CN(C1CCN(CC(F)(F)F)C1=O)C1Cc2ccccc2C1O. The summed E-state index contributed by atoms with van der Waals surface area (Å²) in [5.74, 6) is -0.506. The molecule has 4 nitrogen and oxygen atoms in total. The van der Waals surface area contributed by atoms with E-state index < -0.39 is 30.8 Å². The molecule has 1 N–H and O–H groups in total. The summed E-state index contributed by atoms with van der Waals surface area (Å²) in [6.07, 6.45) is -4.16. The fraction of sp³-hybridized carbons (Fsp3) is 0.562. The average molecular weight is 328 g/mol. The summed E-state index contributed by atoms with van der Waals surface area (Å²) in [6, 6.07) is 6.62. The van der Waals surface area contributed by atoms with E-state index in [4.69, 9.17) is 0 Å². The molecule has 0 radical (unpaired) electrons. The minimum atomic E-state index is -4.38. The number of likely N-dealkylation sites (tertiary alicyclic amines) is 1. The fourth-order valence-corrected chi connectivity index (χ4v) is 3.62. The maximum Gasteiger partial charge on any atom is 0.406 e. The minimum Gasteiger partial charge on any atom is -0.387 e. The van der Waals surface area contributed by atoms with E-state index in [-0.39, 0.29) is 12.6 Å². The predicted molar refractivity (Wildman–Crippen MR) is 77.7 cm³/mol. The lowest BCUT2D eigenvalue weighted by atomic mass is 10.1. The number of aliphatic hydroxyl groups excluding tert-OH is 1. The second-order valence-corrected chi connectivity index (χ2v) is 6.26. The number of alkyl halides is 3. The van der Waals surface area contributed by atoms with Gasteiger partial charge in [0.25, 0.3) is 0 Å². The Hall–Kier alpha value is -1.60. The van der Waals surface area contributed by atoms with Crippen LogP contribution in [0.4, 0.5) is 13.2 Å². The highest BCUT2D eigenvalue weighted by molar-refractivity contribution is 5.84. The van der Waals surface area contributed by atoms with Crippen LogP contribution >= 0.6 is 0 Å². The molecule has 3 rings (SSSR count). The predicted octanol–water partition coefficient (Wildman–Crippen LogP) is 1.74. The average Bonchev–Trinajstić information content (AvgIpc) is 2.99. The second-order valence-electron chi connectivity index (χ2n) is 6.26. The van der Waals surface area contributed by atoms with E-state index in [9.17, 15) is 23.1 Å². The number of carbonyl (C=O) groups is 1. The first-order valence-corrected chi connectivity index (χ1v) is 7.61. The standard InChI is InChI=1S/C16H19F3N2O2/c1-20(12-6-7-21(15(12)23)9-16(17,18)19)13-8-10-4-2-3-5-11(10)14(13)22/h2-5,12-14,22H,6-9H2,1H3. The van der Waals surface area contributed by atoms with Gasteiger partial charge in [0.15, 0.2) is 0 Å². The van der Waals surface area contributed by atoms with Gasteiger partial charge in [-0.15, -0.1) is 0 Å². The van der Waals surface area contributed by atoms with Gasteiger partial charge in [-0.05, 0) is 31.0 Å². The molecule has 7 heteroatoms. The Morgan fingerprint density at radius 2 is 2.04 bits per heavy atom. The molecule has 1 saturated heterocycles. The number of likely N-dealkylation sites (N-methyl/N-ethyl adjacent to an activating group) is 1. The number of rotatable bonds is 3. The molecule has 126 valence electrons. The fourth-order valence-electron chi connectivity index (χ4n) is 3.62. The van der Waals surface area contributed by atoms with Crippen molar-refractivity contribution in [3.8, 4) is 0 Å². The number of aliphatic hydroxyl groups is 1. The lowest BCUT2D eigenvalue weighted by Gasteiger charge is -2.31. The molecule has 1 aromatic carbocycles. The largest absolute Gasteiger partial charge is 0.406 e. The third kappa shape index (κ3) is 3.07. The van der Waals surface area contributed by atoms with Crippen LogP contribution in [0.5, 0.6) is 0 Å². The van der Waals surface area contributed by atoms with Gasteiger partial charge >= 0.3 is 6.18 Å². The van der Waals surface area contributed by atoms with Gasteiger partial charge in [-0.25, -0.2) is 0 Å². The molecule has 0 bridgehead atoms. The highest BCUT2D eigenvalue weighted by Gasteiger charge is 2.44. The first kappa shape index (κ1) is 16.3. The number of benzene rings is 1. The van der Waals surface area contributed by atoms with E-state index in [1.165, 1.54) is 0 Å². The maximum atomic E-state index is 12.5. The van der Waals surface area contributed by atoms with Crippen LogP contribution in [0.2, 0.25) is 0 Å². The van der Waals surface area contributed by atoms with Crippen molar-refractivity contribution in [2.75, 3.05) is 20.1 Å². The molecule has 1 fully saturated rings. The molecule has 1 amide bonds. The summed E-state index contributed by atoms with van der Waals surface area (Å²) < 4.78 is 37.5. The Morgan fingerprint density at radius 1 is 1.35 bits per heavy atom. The maximum absolute atomic E-state index is 12.5. The van der Waals surface area contributed by atoms with Crippen LogP contribution in [0.3, 0.4) is 0 Å². The zero-order valence-electron chi connectivity index (χ0n) is 12.8. The molecule has 2 aliphatic rings. The molecule has 1 aliphatic heterocycles. The lowest BCUT2D eigenvalue weighted by molar-refractivity contribution is -0.159. The van der Waals surface area contributed by atoms with E-state index >= 15 is 0 Å². The van der Waals surface area contributed by atoms with E-state index in [1.54, 1.807) is 11.9 Å². The summed E-state index contributed by atoms with van der Waals surface area (Å²) in [4.78, 5) is 14.9. The highest BCUT2D eigenvalue weighted by Crippen LogP contribution is 2.36. The number of fused-ring (bicyclic) bond motifs is 1. The number of hydrogen-bond donors (Lipinski definition) is 1. The number of halogens is 3. The summed E-state index contributed by atoms with van der Waals surface area (Å²) in [5.41, 5.74) is 1.86. The number of carbonyl (C=O) groups excluding carboxylic acids is 1. The smallest absolute Gasteiger partial charge is 0.387 e. The Balaban J connectivity index is 1.70. The molecule has 1 heterocycles. The van der Waals surface area contributed by atoms with Crippen molar-refractivity contribution in [3.63, 3.8) is 0 Å². The van der Waals surface area contributed by atoms with Crippen molar-refractivity contribution < 1.29 is 23.1 Å². The summed E-state index contributed by atoms with van der Waals surface area (Å²) in [6.45, 7) is -1.10. The van der Waals surface area contributed by atoms with Crippen molar-refractivity contribution in [1.82, 2.24) is 9.80 Å². The van der Waals surface area contributed by atoms with Gasteiger partial charge in [-0.2, -0.15) is 13.2 Å². The van der Waals surface area contributed by atoms with Crippen LogP contribution in [-0.4, -0.2) is 59.2 Å². The van der Waals surface area contributed by atoms with Crippen molar-refractivity contribution in [3.05, 3.63) is 35.4 Å². The molecule has 0 aromatic heterocycles. The zero-order valence-corrected chi connectivity index (χ0v) is 12.8. The molecule has 3 atom stereocenters. The van der Waals surface area contributed by atoms with Gasteiger partial charge in [0.1, 0.15) is 6.54 Å². The molecule has 3 unspecified atom stereocenters. The van der Waals surface area contributed by atoms with Crippen molar-refractivity contribution in [2.45, 2.75) is 37.2 Å². The molecule has 0 spiro atoms. The number of amides is 1. The molecular weight excluding hydrogens is 309 g/mol. The normalized spacial score (nSPS) is 27.8. The summed E-state index contributed by atoms with van der Waals surface area (Å²) in [7, 11) is 1.71. The number of nitrogens with zero attached hydrogens (tertiary/aromatic N) is 2. The van der Waals surface area contributed by atoms with Gasteiger partial charge in [-0.3, -0.25) is 9.69 Å². The van der Waals surface area contributed by atoms with Crippen LogP contribution in [0.1, 0.15) is 23.7 Å². The van der Waals surface area contributed by atoms with Crippen molar-refractivity contribution in [1.29, 1.82) is 0 Å². The summed E-state index contributed by atoms with van der Waals surface area (Å²) in [5, 5.41) is 10.5. The van der Waals surface area contributed by atoms with Crippen LogP contribution in [-0.2, 0) is 11.2 Å². The second kappa shape index (κ2) is 5.79. The van der Waals surface area contributed by atoms with E-state index in [1.807, 2.05) is 24.3 Å². The minimum absolute atomic E-state index is 0.100. The Morgan fingerprint density at radius 3 is 2.70 bits per heavy atom. The summed E-state index contributed by atoms with van der Waals surface area (Å²) >= 11 is 0. The Bertz CT molecular complexity index is 605. The molecule has 1 aliphatic carbocycles. The van der Waals surface area contributed by atoms with Crippen LogP contribution in [0.15, 0.2) is 24.3 Å². The Kier molecular flexibility index (Phi) is 4.10. The molecule has 1 aromatic rings. The first-order valence-electron chi connectivity index (χ1n) is 7.61. The van der Waals surface area contributed by atoms with Crippen LogP contribution in [0, 0.1) is 0 Å². The van der Waals surface area contributed by atoms with Gasteiger partial charge < -0.3 is 10.0 Å². The van der Waals surface area contributed by atoms with E-state index in [2.05, 4.69) is 0 Å². The quantitative estimate of drug-likeness (QED) is 0.919. The van der Waals surface area contributed by atoms with Gasteiger partial charge in [0, 0.05) is 12.6 Å². The van der Waals surface area contributed by atoms with Crippen molar-refractivity contribution >= 4 is 5.91 Å². The monoisotopic (exact) mass is 328 g/mol. The first-order chi connectivity index (χ1) is 10.8. The highest BCUT2D eigenvalue weighted by atomic mass is 19.4. The lowest BCUT2D eigenvalue weighted by Crippen LogP contribution is -2.47. The molecule has 0 saturated carbocycles. The van der Waals surface area contributed by atoms with Gasteiger partial charge in [-0.1, -0.05) is 24.3 Å². The van der Waals surface area contributed by atoms with Gasteiger partial charge in [0.2, 0.25) is 5.91 Å².